The maximum atomic E-state index is 5.81. The van der Waals surface area contributed by atoms with E-state index < -0.39 is 0 Å². The Morgan fingerprint density at radius 3 is 3.13 bits per heavy atom. The van der Waals surface area contributed by atoms with Crippen LogP contribution in [0.1, 0.15) is 23.6 Å². The topological polar surface area (TPSA) is 29.3 Å². The third kappa shape index (κ3) is 1.84. The Bertz CT molecular complexity index is 403. The zero-order chi connectivity index (χ0) is 10.8. The summed E-state index contributed by atoms with van der Waals surface area (Å²) in [4.78, 5) is 2.21. The summed E-state index contributed by atoms with van der Waals surface area (Å²) in [6.07, 6.45) is 7.61. The second kappa shape index (κ2) is 3.96. The van der Waals surface area contributed by atoms with Gasteiger partial charge in [0.15, 0.2) is 0 Å². The lowest BCUT2D eigenvalue weighted by atomic mass is 10.1. The summed E-state index contributed by atoms with van der Waals surface area (Å²) in [5.74, 6) is 2.68. The highest BCUT2D eigenvalue weighted by atomic mass is 15.1. The number of hydrogen-bond donors (Lipinski definition) is 1. The van der Waals surface area contributed by atoms with E-state index in [9.17, 15) is 0 Å². The van der Waals surface area contributed by atoms with Crippen molar-refractivity contribution in [3.63, 3.8) is 0 Å². The highest BCUT2D eigenvalue weighted by molar-refractivity contribution is 5.48. The molecule has 0 spiro atoms. The Morgan fingerprint density at radius 2 is 2.40 bits per heavy atom. The van der Waals surface area contributed by atoms with E-state index in [1.807, 2.05) is 6.07 Å². The van der Waals surface area contributed by atoms with Crippen molar-refractivity contribution in [3.8, 4) is 12.3 Å². The Morgan fingerprint density at radius 1 is 1.60 bits per heavy atom. The number of benzene rings is 1. The van der Waals surface area contributed by atoms with E-state index in [-0.39, 0.29) is 0 Å². The van der Waals surface area contributed by atoms with Crippen molar-refractivity contribution in [2.45, 2.75) is 18.9 Å². The highest BCUT2D eigenvalue weighted by Gasteiger charge is 2.25. The standard InChI is InChI=1S/C13H16N2/c1-3-8-15(2)13-7-5-10-4-6-11(14)9-12(10)13/h1,4,6,9,13H,5,7-8,14H2,2H3/t13-/m1/s1. The Balaban J connectivity index is 2.28. The van der Waals surface area contributed by atoms with E-state index in [1.54, 1.807) is 0 Å². The first-order valence-electron chi connectivity index (χ1n) is 5.24. The van der Waals surface area contributed by atoms with Crippen molar-refractivity contribution < 1.29 is 0 Å². The lowest BCUT2D eigenvalue weighted by Gasteiger charge is -2.22. The quantitative estimate of drug-likeness (QED) is 0.583. The Labute approximate surface area is 91.1 Å². The smallest absolute Gasteiger partial charge is 0.0601 e. The van der Waals surface area contributed by atoms with Crippen LogP contribution < -0.4 is 5.73 Å². The number of nitrogen functional groups attached to an aromatic ring is 1. The molecule has 2 rings (SSSR count). The van der Waals surface area contributed by atoms with Crippen LogP contribution in [0.3, 0.4) is 0 Å². The van der Waals surface area contributed by atoms with E-state index in [2.05, 4.69) is 30.0 Å². The average molecular weight is 200 g/mol. The fourth-order valence-electron chi connectivity index (χ4n) is 2.31. The van der Waals surface area contributed by atoms with Gasteiger partial charge < -0.3 is 5.73 Å². The molecule has 0 fully saturated rings. The molecule has 15 heavy (non-hydrogen) atoms. The molecular formula is C13H16N2. The molecular weight excluding hydrogens is 184 g/mol. The van der Waals surface area contributed by atoms with Crippen LogP contribution in [0.15, 0.2) is 18.2 Å². The van der Waals surface area contributed by atoms with Gasteiger partial charge in [-0.2, -0.15) is 0 Å². The number of terminal acetylenes is 1. The van der Waals surface area contributed by atoms with E-state index in [4.69, 9.17) is 12.2 Å². The van der Waals surface area contributed by atoms with Crippen molar-refractivity contribution in [2.24, 2.45) is 0 Å². The van der Waals surface area contributed by atoms with E-state index in [0.29, 0.717) is 12.6 Å². The molecule has 0 amide bonds. The van der Waals surface area contributed by atoms with Crippen LogP contribution in [0, 0.1) is 12.3 Å². The van der Waals surface area contributed by atoms with Gasteiger partial charge in [-0.25, -0.2) is 0 Å². The van der Waals surface area contributed by atoms with Gasteiger partial charge >= 0.3 is 0 Å². The van der Waals surface area contributed by atoms with Gasteiger partial charge in [0.2, 0.25) is 0 Å². The molecule has 1 atom stereocenters. The van der Waals surface area contributed by atoms with Crippen LogP contribution in [-0.4, -0.2) is 18.5 Å². The fourth-order valence-corrected chi connectivity index (χ4v) is 2.31. The van der Waals surface area contributed by atoms with Crippen molar-refractivity contribution in [1.29, 1.82) is 0 Å². The van der Waals surface area contributed by atoms with Crippen LogP contribution in [0.2, 0.25) is 0 Å². The second-order valence-electron chi connectivity index (χ2n) is 4.13. The first-order chi connectivity index (χ1) is 7.22. The third-order valence-corrected chi connectivity index (χ3v) is 3.09. The molecule has 0 aromatic heterocycles. The van der Waals surface area contributed by atoms with Crippen molar-refractivity contribution in [1.82, 2.24) is 4.90 Å². The molecule has 2 heteroatoms. The molecule has 0 saturated carbocycles. The average Bonchev–Trinajstić information content (AvgIpc) is 2.60. The van der Waals surface area contributed by atoms with Crippen molar-refractivity contribution >= 4 is 5.69 Å². The number of hydrogen-bond acceptors (Lipinski definition) is 2. The molecule has 0 saturated heterocycles. The third-order valence-electron chi connectivity index (χ3n) is 3.09. The van der Waals surface area contributed by atoms with Crippen LogP contribution >= 0.6 is 0 Å². The summed E-state index contributed by atoms with van der Waals surface area (Å²) in [5.41, 5.74) is 9.42. The molecule has 0 aliphatic heterocycles. The van der Waals surface area contributed by atoms with Crippen LogP contribution in [0.5, 0.6) is 0 Å². The predicted molar refractivity (Wildman–Crippen MR) is 63.4 cm³/mol. The van der Waals surface area contributed by atoms with E-state index in [1.165, 1.54) is 11.1 Å². The van der Waals surface area contributed by atoms with E-state index in [0.717, 1.165) is 18.5 Å². The van der Waals surface area contributed by atoms with Gasteiger partial charge in [-0.15, -0.1) is 6.42 Å². The molecule has 2 nitrogen and oxygen atoms in total. The second-order valence-corrected chi connectivity index (χ2v) is 4.13. The highest BCUT2D eigenvalue weighted by Crippen LogP contribution is 2.35. The normalized spacial score (nSPS) is 18.9. The number of fused-ring (bicyclic) bond motifs is 1. The molecule has 2 N–H and O–H groups in total. The van der Waals surface area contributed by atoms with Crippen LogP contribution in [0.25, 0.3) is 0 Å². The van der Waals surface area contributed by atoms with Crippen LogP contribution in [-0.2, 0) is 6.42 Å². The number of nitrogens with two attached hydrogens (primary N) is 1. The maximum Gasteiger partial charge on any atom is 0.0601 e. The summed E-state index contributed by atoms with van der Waals surface area (Å²) in [7, 11) is 2.07. The fraction of sp³-hybridized carbons (Fsp3) is 0.385. The monoisotopic (exact) mass is 200 g/mol. The first-order valence-corrected chi connectivity index (χ1v) is 5.24. The van der Waals surface area contributed by atoms with Gasteiger partial charge in [-0.1, -0.05) is 12.0 Å². The summed E-state index contributed by atoms with van der Waals surface area (Å²) in [6.45, 7) is 0.693. The number of aryl methyl sites for hydroxylation is 1. The minimum atomic E-state index is 0.444. The van der Waals surface area contributed by atoms with Gasteiger partial charge in [-0.05, 0) is 43.1 Å². The summed E-state index contributed by atoms with van der Waals surface area (Å²) >= 11 is 0. The minimum Gasteiger partial charge on any atom is -0.399 e. The summed E-state index contributed by atoms with van der Waals surface area (Å²) in [6, 6.07) is 6.64. The zero-order valence-electron chi connectivity index (χ0n) is 9.03. The molecule has 0 radical (unpaired) electrons. The molecule has 0 heterocycles. The minimum absolute atomic E-state index is 0.444. The van der Waals surface area contributed by atoms with Crippen molar-refractivity contribution in [2.75, 3.05) is 19.3 Å². The molecule has 1 aromatic rings. The Kier molecular flexibility index (Phi) is 2.66. The number of rotatable bonds is 2. The number of anilines is 1. The zero-order valence-corrected chi connectivity index (χ0v) is 9.03. The lowest BCUT2D eigenvalue weighted by molar-refractivity contribution is 0.274. The van der Waals surface area contributed by atoms with Gasteiger partial charge in [-0.3, -0.25) is 4.90 Å². The molecule has 78 valence electrons. The largest absolute Gasteiger partial charge is 0.399 e. The van der Waals surface area contributed by atoms with Gasteiger partial charge in [0, 0.05) is 11.7 Å². The van der Waals surface area contributed by atoms with Crippen molar-refractivity contribution in [3.05, 3.63) is 29.3 Å². The molecule has 0 bridgehead atoms. The predicted octanol–water partition coefficient (Wildman–Crippen LogP) is 1.82. The molecule has 0 unspecified atom stereocenters. The Hall–Kier alpha value is -1.46. The van der Waals surface area contributed by atoms with Gasteiger partial charge in [0.05, 0.1) is 6.54 Å². The lowest BCUT2D eigenvalue weighted by Crippen LogP contribution is -2.23. The van der Waals surface area contributed by atoms with E-state index >= 15 is 0 Å². The van der Waals surface area contributed by atoms with Gasteiger partial charge in [0.25, 0.3) is 0 Å². The first kappa shape index (κ1) is 10.1. The molecule has 1 aliphatic carbocycles. The summed E-state index contributed by atoms with van der Waals surface area (Å²) in [5, 5.41) is 0. The molecule has 1 aliphatic rings. The van der Waals surface area contributed by atoms with Gasteiger partial charge in [0.1, 0.15) is 0 Å². The SMILES string of the molecule is C#CCN(C)[C@@H]1CCc2ccc(N)cc21. The number of nitrogens with zero attached hydrogens (tertiary/aromatic N) is 1. The molecule has 1 aromatic carbocycles. The maximum absolute atomic E-state index is 5.81. The summed E-state index contributed by atoms with van der Waals surface area (Å²) < 4.78 is 0. The van der Waals surface area contributed by atoms with Crippen LogP contribution in [0.4, 0.5) is 5.69 Å².